The number of fused-ring (bicyclic) bond motifs is 2. The molecular weight excluding hydrogens is 469 g/mol. The average molecular weight is 509 g/mol. The molecule has 0 amide bonds. The molecule has 164 valence electrons. The molecule has 1 saturated heterocycles. The van der Waals surface area contributed by atoms with Gasteiger partial charge in [0, 0.05) is 37.1 Å². The van der Waals surface area contributed by atoms with Gasteiger partial charge in [-0.15, -0.1) is 24.0 Å². The maximum Gasteiger partial charge on any atom is 0.191 e. The number of halogens is 1. The monoisotopic (exact) mass is 509 g/mol. The Morgan fingerprint density at radius 1 is 1.11 bits per heavy atom. The summed E-state index contributed by atoms with van der Waals surface area (Å²) in [5.74, 6) is 1.59. The third kappa shape index (κ3) is 5.73. The number of nitrogens with zero attached hydrogens (tertiary/aromatic N) is 1. The van der Waals surface area contributed by atoms with Crippen molar-refractivity contribution in [2.75, 3.05) is 46.1 Å². The summed E-state index contributed by atoms with van der Waals surface area (Å²) < 4.78 is 17.2. The van der Waals surface area contributed by atoms with Gasteiger partial charge in [0.2, 0.25) is 0 Å². The van der Waals surface area contributed by atoms with Crippen molar-refractivity contribution in [3.8, 4) is 0 Å². The lowest BCUT2D eigenvalue weighted by atomic mass is 9.54. The van der Waals surface area contributed by atoms with Gasteiger partial charge in [-0.25, -0.2) is 0 Å². The number of hydrogen-bond donors (Lipinski definition) is 2. The first-order chi connectivity index (χ1) is 13.3. The number of rotatable bonds is 11. The van der Waals surface area contributed by atoms with Crippen LogP contribution in [0.3, 0.4) is 0 Å². The smallest absolute Gasteiger partial charge is 0.191 e. The van der Waals surface area contributed by atoms with Crippen LogP contribution >= 0.6 is 24.0 Å². The van der Waals surface area contributed by atoms with Gasteiger partial charge in [0.25, 0.3) is 0 Å². The van der Waals surface area contributed by atoms with Crippen molar-refractivity contribution in [2.45, 2.75) is 70.9 Å². The Bertz CT molecular complexity index is 472. The minimum Gasteiger partial charge on any atom is -0.379 e. The Kier molecular flexibility index (Phi) is 10.8. The molecule has 0 radical (unpaired) electrons. The second-order valence-corrected chi connectivity index (χ2v) is 8.15. The van der Waals surface area contributed by atoms with Gasteiger partial charge < -0.3 is 24.8 Å². The molecule has 3 fully saturated rings. The van der Waals surface area contributed by atoms with Crippen molar-refractivity contribution in [1.82, 2.24) is 10.6 Å². The number of unbranched alkanes of at least 4 members (excludes halogenated alkanes) is 1. The molecule has 3 atom stereocenters. The van der Waals surface area contributed by atoms with Gasteiger partial charge in [-0.05, 0) is 32.6 Å². The first kappa shape index (κ1) is 24.2. The van der Waals surface area contributed by atoms with E-state index in [0.29, 0.717) is 49.8 Å². The fourth-order valence-corrected chi connectivity index (χ4v) is 5.16. The SMILES string of the molecule is CCCCOCCOCCN=C(NCC)NC1C2CCOC2C12CCCC2.I. The van der Waals surface area contributed by atoms with Crippen LogP contribution in [0.2, 0.25) is 0 Å². The summed E-state index contributed by atoms with van der Waals surface area (Å²) in [6, 6.07) is 0.512. The highest BCUT2D eigenvalue weighted by atomic mass is 127. The quantitative estimate of drug-likeness (QED) is 0.194. The molecule has 6 nitrogen and oxygen atoms in total. The molecule has 0 bridgehead atoms. The molecule has 0 aromatic rings. The Labute approximate surface area is 188 Å². The predicted molar refractivity (Wildman–Crippen MR) is 124 cm³/mol. The third-order valence-electron chi connectivity index (χ3n) is 6.44. The number of aliphatic imine (C=N–C) groups is 1. The van der Waals surface area contributed by atoms with Crippen LogP contribution < -0.4 is 10.6 Å². The van der Waals surface area contributed by atoms with E-state index in [1.807, 2.05) is 0 Å². The lowest BCUT2D eigenvalue weighted by Crippen LogP contribution is -2.69. The van der Waals surface area contributed by atoms with Gasteiger partial charge in [0.15, 0.2) is 5.96 Å². The van der Waals surface area contributed by atoms with Crippen LogP contribution in [0.1, 0.15) is 58.8 Å². The van der Waals surface area contributed by atoms with Gasteiger partial charge in [-0.1, -0.05) is 26.2 Å². The van der Waals surface area contributed by atoms with E-state index in [9.17, 15) is 0 Å². The zero-order valence-electron chi connectivity index (χ0n) is 17.7. The fourth-order valence-electron chi connectivity index (χ4n) is 5.16. The first-order valence-electron chi connectivity index (χ1n) is 11.1. The lowest BCUT2D eigenvalue weighted by Gasteiger charge is -2.57. The molecule has 3 rings (SSSR count). The second kappa shape index (κ2) is 12.5. The van der Waals surface area contributed by atoms with E-state index in [1.54, 1.807) is 0 Å². The van der Waals surface area contributed by atoms with Gasteiger partial charge in [-0.3, -0.25) is 4.99 Å². The van der Waals surface area contributed by atoms with Gasteiger partial charge in [-0.2, -0.15) is 0 Å². The molecule has 1 spiro atoms. The van der Waals surface area contributed by atoms with Gasteiger partial charge in [0.1, 0.15) is 0 Å². The normalized spacial score (nSPS) is 27.9. The molecule has 2 saturated carbocycles. The van der Waals surface area contributed by atoms with Crippen LogP contribution in [0.5, 0.6) is 0 Å². The molecule has 3 unspecified atom stereocenters. The topological polar surface area (TPSA) is 64.1 Å². The number of guanidine groups is 1. The van der Waals surface area contributed by atoms with Crippen LogP contribution in [-0.4, -0.2) is 64.2 Å². The molecule has 3 aliphatic rings. The maximum absolute atomic E-state index is 6.09. The molecule has 2 N–H and O–H groups in total. The summed E-state index contributed by atoms with van der Waals surface area (Å²) in [6.45, 7) is 9.57. The zero-order chi connectivity index (χ0) is 19.0. The summed E-state index contributed by atoms with van der Waals surface area (Å²) in [5, 5.41) is 7.17. The van der Waals surface area contributed by atoms with E-state index >= 15 is 0 Å². The van der Waals surface area contributed by atoms with Crippen LogP contribution in [0, 0.1) is 11.3 Å². The van der Waals surface area contributed by atoms with Crippen molar-refractivity contribution in [3.05, 3.63) is 0 Å². The van der Waals surface area contributed by atoms with Crippen LogP contribution in [0.15, 0.2) is 4.99 Å². The molecule has 1 aliphatic heterocycles. The van der Waals surface area contributed by atoms with Crippen molar-refractivity contribution in [3.63, 3.8) is 0 Å². The number of hydrogen-bond acceptors (Lipinski definition) is 4. The van der Waals surface area contributed by atoms with Crippen molar-refractivity contribution in [2.24, 2.45) is 16.3 Å². The van der Waals surface area contributed by atoms with Crippen LogP contribution in [-0.2, 0) is 14.2 Å². The van der Waals surface area contributed by atoms with Gasteiger partial charge >= 0.3 is 0 Å². The molecule has 7 heteroatoms. The first-order valence-corrected chi connectivity index (χ1v) is 11.1. The second-order valence-electron chi connectivity index (χ2n) is 8.15. The minimum absolute atomic E-state index is 0. The molecule has 0 aromatic heterocycles. The summed E-state index contributed by atoms with van der Waals surface area (Å²) >= 11 is 0. The van der Waals surface area contributed by atoms with Gasteiger partial charge in [0.05, 0.1) is 32.5 Å². The standard InChI is InChI=1S/C21H39N3O3.HI/c1-3-5-12-25-15-16-26-14-11-23-20(22-4-2)24-18-17-8-13-27-19(17)21(18)9-6-7-10-21;/h17-19H,3-16H2,1-2H3,(H2,22,23,24);1H. The summed E-state index contributed by atoms with van der Waals surface area (Å²) in [6.07, 6.45) is 9.24. The Morgan fingerprint density at radius 3 is 2.57 bits per heavy atom. The van der Waals surface area contributed by atoms with Crippen molar-refractivity contribution < 1.29 is 14.2 Å². The van der Waals surface area contributed by atoms with E-state index in [2.05, 4.69) is 24.5 Å². The van der Waals surface area contributed by atoms with E-state index in [4.69, 9.17) is 19.2 Å². The predicted octanol–water partition coefficient (Wildman–Crippen LogP) is 3.34. The highest BCUT2D eigenvalue weighted by molar-refractivity contribution is 14.0. The zero-order valence-corrected chi connectivity index (χ0v) is 20.0. The van der Waals surface area contributed by atoms with E-state index in [1.165, 1.54) is 38.5 Å². The molecule has 1 heterocycles. The third-order valence-corrected chi connectivity index (χ3v) is 6.44. The molecule has 28 heavy (non-hydrogen) atoms. The van der Waals surface area contributed by atoms with Crippen LogP contribution in [0.4, 0.5) is 0 Å². The highest BCUT2D eigenvalue weighted by Crippen LogP contribution is 2.60. The van der Waals surface area contributed by atoms with Crippen molar-refractivity contribution >= 4 is 29.9 Å². The van der Waals surface area contributed by atoms with E-state index < -0.39 is 0 Å². The summed E-state index contributed by atoms with van der Waals surface area (Å²) in [4.78, 5) is 4.74. The summed E-state index contributed by atoms with van der Waals surface area (Å²) in [5.41, 5.74) is 0.351. The maximum atomic E-state index is 6.09. The minimum atomic E-state index is 0. The largest absolute Gasteiger partial charge is 0.379 e. The highest BCUT2D eigenvalue weighted by Gasteiger charge is 2.65. The summed E-state index contributed by atoms with van der Waals surface area (Å²) in [7, 11) is 0. The Balaban J connectivity index is 0.00000280. The Hall–Kier alpha value is -0.120. The number of nitrogens with one attached hydrogen (secondary N) is 2. The van der Waals surface area contributed by atoms with Crippen LogP contribution in [0.25, 0.3) is 0 Å². The fraction of sp³-hybridized carbons (Fsp3) is 0.952. The molecule has 2 aliphatic carbocycles. The van der Waals surface area contributed by atoms with E-state index in [0.717, 1.165) is 32.1 Å². The lowest BCUT2D eigenvalue weighted by molar-refractivity contribution is -0.125. The molecular formula is C21H40IN3O3. The van der Waals surface area contributed by atoms with E-state index in [-0.39, 0.29) is 24.0 Å². The average Bonchev–Trinajstić information content (AvgIpc) is 3.33. The molecule has 0 aromatic carbocycles. The van der Waals surface area contributed by atoms with Crippen molar-refractivity contribution in [1.29, 1.82) is 0 Å². The number of ether oxygens (including phenoxy) is 3. The Morgan fingerprint density at radius 2 is 1.86 bits per heavy atom.